The minimum atomic E-state index is -0.457. The Balaban J connectivity index is 2.88. The Morgan fingerprint density at radius 3 is 2.43 bits per heavy atom. The molecule has 0 fully saturated rings. The smallest absolute Gasteiger partial charge is 0.277 e. The number of rotatable bonds is 1. The second-order valence-electron chi connectivity index (χ2n) is 2.91. The van der Waals surface area contributed by atoms with Crippen molar-refractivity contribution in [2.75, 3.05) is 0 Å². The van der Waals surface area contributed by atoms with Crippen LogP contribution in [0, 0.1) is 10.1 Å². The van der Waals surface area contributed by atoms with Gasteiger partial charge in [-0.05, 0) is 12.1 Å². The highest BCUT2D eigenvalue weighted by molar-refractivity contribution is 5.94. The average molecular weight is 189 g/mol. The van der Waals surface area contributed by atoms with Gasteiger partial charge in [0, 0.05) is 11.5 Å². The minimum Gasteiger partial charge on any atom is -0.507 e. The third-order valence-corrected chi connectivity index (χ3v) is 2.07. The van der Waals surface area contributed by atoms with Crippen LogP contribution in [0.2, 0.25) is 0 Å². The number of non-ortho nitro benzene ring substituents is 1. The fourth-order valence-corrected chi connectivity index (χ4v) is 1.44. The van der Waals surface area contributed by atoms with Crippen molar-refractivity contribution in [3.63, 3.8) is 0 Å². The summed E-state index contributed by atoms with van der Waals surface area (Å²) < 4.78 is 0. The van der Waals surface area contributed by atoms with E-state index >= 15 is 0 Å². The van der Waals surface area contributed by atoms with E-state index in [1.807, 2.05) is 0 Å². The van der Waals surface area contributed by atoms with E-state index in [0.29, 0.717) is 10.8 Å². The highest BCUT2D eigenvalue weighted by Crippen LogP contribution is 2.30. The van der Waals surface area contributed by atoms with Gasteiger partial charge in [-0.15, -0.1) is 0 Å². The first kappa shape index (κ1) is 8.50. The fourth-order valence-electron chi connectivity index (χ4n) is 1.44. The second kappa shape index (κ2) is 2.99. The quantitative estimate of drug-likeness (QED) is 0.553. The van der Waals surface area contributed by atoms with Crippen LogP contribution in [-0.2, 0) is 0 Å². The van der Waals surface area contributed by atoms with Crippen molar-refractivity contribution in [1.82, 2.24) is 0 Å². The summed E-state index contributed by atoms with van der Waals surface area (Å²) in [5.74, 6) is 0.0613. The molecule has 0 amide bonds. The molecule has 70 valence electrons. The molecule has 2 aromatic rings. The topological polar surface area (TPSA) is 63.4 Å². The number of phenolic OH excluding ortho intramolecular Hbond substituents is 1. The van der Waals surface area contributed by atoms with Crippen molar-refractivity contribution in [3.8, 4) is 5.75 Å². The van der Waals surface area contributed by atoms with Crippen molar-refractivity contribution >= 4 is 16.5 Å². The highest BCUT2D eigenvalue weighted by Gasteiger charge is 2.11. The lowest BCUT2D eigenvalue weighted by molar-refractivity contribution is -0.383. The highest BCUT2D eigenvalue weighted by atomic mass is 16.6. The molecular formula is C10H7NO3. The largest absolute Gasteiger partial charge is 0.507 e. The van der Waals surface area contributed by atoms with E-state index in [0.717, 1.165) is 0 Å². The number of aromatic hydroxyl groups is 1. The summed E-state index contributed by atoms with van der Waals surface area (Å²) in [6.45, 7) is 0. The maximum Gasteiger partial charge on any atom is 0.277 e. The molecule has 0 saturated carbocycles. The van der Waals surface area contributed by atoms with Gasteiger partial charge in [0.05, 0.1) is 10.3 Å². The van der Waals surface area contributed by atoms with E-state index in [4.69, 9.17) is 0 Å². The summed E-state index contributed by atoms with van der Waals surface area (Å²) in [5.41, 5.74) is 0.0124. The molecule has 0 aliphatic carbocycles. The van der Waals surface area contributed by atoms with Crippen LogP contribution in [0.5, 0.6) is 5.75 Å². The average Bonchev–Trinajstić information content (AvgIpc) is 2.17. The Labute approximate surface area is 79.6 Å². The van der Waals surface area contributed by atoms with Crippen LogP contribution in [0.3, 0.4) is 0 Å². The molecule has 0 heterocycles. The van der Waals surface area contributed by atoms with Gasteiger partial charge in [-0.3, -0.25) is 10.1 Å². The molecule has 0 aliphatic rings. The maximum absolute atomic E-state index is 10.7. The minimum absolute atomic E-state index is 0.0124. The Morgan fingerprint density at radius 2 is 1.71 bits per heavy atom. The van der Waals surface area contributed by atoms with E-state index in [-0.39, 0.29) is 11.4 Å². The Morgan fingerprint density at radius 1 is 1.07 bits per heavy atom. The Kier molecular flexibility index (Phi) is 1.81. The predicted molar refractivity (Wildman–Crippen MR) is 52.3 cm³/mol. The summed E-state index contributed by atoms with van der Waals surface area (Å²) in [5, 5.41) is 21.1. The first-order valence-electron chi connectivity index (χ1n) is 4.05. The fraction of sp³-hybridized carbons (Fsp3) is 0. The molecular weight excluding hydrogens is 182 g/mol. The number of nitrogens with zero attached hydrogens (tertiary/aromatic N) is 1. The molecule has 4 nitrogen and oxygen atoms in total. The van der Waals surface area contributed by atoms with Crippen molar-refractivity contribution < 1.29 is 10.0 Å². The summed E-state index contributed by atoms with van der Waals surface area (Å²) in [4.78, 5) is 10.2. The SMILES string of the molecule is O=[N+]([O-])c1cccc2c(O)cccc12. The molecule has 2 rings (SSSR count). The summed E-state index contributed by atoms with van der Waals surface area (Å²) in [6, 6.07) is 9.34. The van der Waals surface area contributed by atoms with E-state index < -0.39 is 4.92 Å². The third kappa shape index (κ3) is 1.17. The number of fused-ring (bicyclic) bond motifs is 1. The van der Waals surface area contributed by atoms with Crippen LogP contribution in [0.1, 0.15) is 0 Å². The lowest BCUT2D eigenvalue weighted by Gasteiger charge is -2.00. The van der Waals surface area contributed by atoms with E-state index in [9.17, 15) is 15.2 Å². The second-order valence-corrected chi connectivity index (χ2v) is 2.91. The standard InChI is InChI=1S/C10H7NO3/c12-10-6-2-3-7-8(10)4-1-5-9(7)11(13)14/h1-6,12H. The molecule has 4 heteroatoms. The van der Waals surface area contributed by atoms with Gasteiger partial charge in [-0.25, -0.2) is 0 Å². The zero-order chi connectivity index (χ0) is 10.1. The number of nitro groups is 1. The molecule has 0 unspecified atom stereocenters. The number of nitro benzene ring substituents is 1. The van der Waals surface area contributed by atoms with Crippen molar-refractivity contribution in [3.05, 3.63) is 46.5 Å². The number of hydrogen-bond donors (Lipinski definition) is 1. The first-order valence-corrected chi connectivity index (χ1v) is 4.05. The normalized spacial score (nSPS) is 10.3. The lowest BCUT2D eigenvalue weighted by atomic mass is 10.1. The maximum atomic E-state index is 10.7. The van der Waals surface area contributed by atoms with Gasteiger partial charge in [-0.1, -0.05) is 18.2 Å². The molecule has 0 saturated heterocycles. The van der Waals surface area contributed by atoms with Gasteiger partial charge in [-0.2, -0.15) is 0 Å². The summed E-state index contributed by atoms with van der Waals surface area (Å²) in [7, 11) is 0. The van der Waals surface area contributed by atoms with Crippen LogP contribution < -0.4 is 0 Å². The van der Waals surface area contributed by atoms with Crippen LogP contribution in [0.25, 0.3) is 10.8 Å². The van der Waals surface area contributed by atoms with Crippen molar-refractivity contribution in [2.24, 2.45) is 0 Å². The zero-order valence-electron chi connectivity index (χ0n) is 7.18. The number of hydrogen-bond acceptors (Lipinski definition) is 3. The summed E-state index contributed by atoms with van der Waals surface area (Å²) in [6.07, 6.45) is 0. The van der Waals surface area contributed by atoms with E-state index in [1.165, 1.54) is 12.1 Å². The molecule has 14 heavy (non-hydrogen) atoms. The molecule has 0 bridgehead atoms. The molecule has 0 atom stereocenters. The molecule has 2 aromatic carbocycles. The van der Waals surface area contributed by atoms with Gasteiger partial charge in [0.2, 0.25) is 0 Å². The van der Waals surface area contributed by atoms with Gasteiger partial charge in [0.15, 0.2) is 0 Å². The van der Waals surface area contributed by atoms with Gasteiger partial charge in [0.25, 0.3) is 5.69 Å². The van der Waals surface area contributed by atoms with Gasteiger partial charge < -0.3 is 5.11 Å². The van der Waals surface area contributed by atoms with Crippen molar-refractivity contribution in [1.29, 1.82) is 0 Å². The third-order valence-electron chi connectivity index (χ3n) is 2.07. The van der Waals surface area contributed by atoms with E-state index in [2.05, 4.69) is 0 Å². The van der Waals surface area contributed by atoms with Crippen LogP contribution in [-0.4, -0.2) is 10.0 Å². The first-order chi connectivity index (χ1) is 6.70. The van der Waals surface area contributed by atoms with Crippen molar-refractivity contribution in [2.45, 2.75) is 0 Å². The van der Waals surface area contributed by atoms with Gasteiger partial charge >= 0.3 is 0 Å². The zero-order valence-corrected chi connectivity index (χ0v) is 7.18. The Hall–Kier alpha value is -2.10. The molecule has 0 radical (unpaired) electrons. The van der Waals surface area contributed by atoms with Crippen LogP contribution >= 0.6 is 0 Å². The summed E-state index contributed by atoms with van der Waals surface area (Å²) >= 11 is 0. The monoisotopic (exact) mass is 189 g/mol. The molecule has 0 spiro atoms. The predicted octanol–water partition coefficient (Wildman–Crippen LogP) is 2.45. The molecule has 1 N–H and O–H groups in total. The molecule has 0 aromatic heterocycles. The number of phenols is 1. The molecule has 0 aliphatic heterocycles. The van der Waals surface area contributed by atoms with Gasteiger partial charge in [0.1, 0.15) is 5.75 Å². The number of benzene rings is 2. The van der Waals surface area contributed by atoms with Crippen LogP contribution in [0.4, 0.5) is 5.69 Å². The Bertz CT molecular complexity index is 508. The lowest BCUT2D eigenvalue weighted by Crippen LogP contribution is -1.88. The van der Waals surface area contributed by atoms with Crippen LogP contribution in [0.15, 0.2) is 36.4 Å². The van der Waals surface area contributed by atoms with E-state index in [1.54, 1.807) is 24.3 Å².